The van der Waals surface area contributed by atoms with Gasteiger partial charge in [-0.1, -0.05) is 13.8 Å². The van der Waals surface area contributed by atoms with E-state index in [0.29, 0.717) is 17.2 Å². The predicted molar refractivity (Wildman–Crippen MR) is 81.1 cm³/mol. The molecule has 0 saturated carbocycles. The standard InChI is InChI=1S/C15H15N3OS/c1-10(2)7-18-8-12(9-19)15(17-18)11-5-14-13(16-6-11)3-4-20-14/h3-6,8-10H,7H2,1-2H3. The van der Waals surface area contributed by atoms with Gasteiger partial charge in [-0.2, -0.15) is 5.10 Å². The molecule has 0 atom stereocenters. The maximum atomic E-state index is 11.2. The third kappa shape index (κ3) is 2.36. The lowest BCUT2D eigenvalue weighted by atomic mass is 10.1. The van der Waals surface area contributed by atoms with Gasteiger partial charge < -0.3 is 0 Å². The first kappa shape index (κ1) is 13.0. The van der Waals surface area contributed by atoms with Crippen molar-refractivity contribution >= 4 is 27.8 Å². The Morgan fingerprint density at radius 1 is 1.45 bits per heavy atom. The molecule has 0 fully saturated rings. The van der Waals surface area contributed by atoms with Crippen LogP contribution >= 0.6 is 11.3 Å². The SMILES string of the molecule is CC(C)Cn1cc(C=O)c(-c2cnc3ccsc3c2)n1. The van der Waals surface area contributed by atoms with Crippen LogP contribution in [0.2, 0.25) is 0 Å². The second-order valence-electron chi connectivity index (χ2n) is 5.19. The Labute approximate surface area is 121 Å². The van der Waals surface area contributed by atoms with Crippen LogP contribution in [0.25, 0.3) is 21.5 Å². The molecule has 3 aromatic heterocycles. The van der Waals surface area contributed by atoms with Crippen LogP contribution < -0.4 is 0 Å². The first-order chi connectivity index (χ1) is 9.67. The molecule has 0 saturated heterocycles. The van der Waals surface area contributed by atoms with Gasteiger partial charge in [-0.25, -0.2) is 0 Å². The van der Waals surface area contributed by atoms with Crippen LogP contribution in [0.5, 0.6) is 0 Å². The molecule has 0 aliphatic rings. The van der Waals surface area contributed by atoms with E-state index in [4.69, 9.17) is 0 Å². The summed E-state index contributed by atoms with van der Waals surface area (Å²) in [6, 6.07) is 4.03. The van der Waals surface area contributed by atoms with Gasteiger partial charge in [-0.05, 0) is 23.4 Å². The minimum Gasteiger partial charge on any atom is -0.298 e. The number of aromatic nitrogens is 3. The average molecular weight is 285 g/mol. The van der Waals surface area contributed by atoms with Crippen LogP contribution in [0.4, 0.5) is 0 Å². The van der Waals surface area contributed by atoms with Gasteiger partial charge in [-0.3, -0.25) is 14.5 Å². The van der Waals surface area contributed by atoms with Crippen LogP contribution in [0, 0.1) is 5.92 Å². The molecular formula is C15H15N3OS. The maximum absolute atomic E-state index is 11.2. The smallest absolute Gasteiger partial charge is 0.153 e. The lowest BCUT2D eigenvalue weighted by Crippen LogP contribution is -2.04. The third-order valence-electron chi connectivity index (χ3n) is 3.05. The fourth-order valence-corrected chi connectivity index (χ4v) is 2.97. The van der Waals surface area contributed by atoms with Gasteiger partial charge in [0.05, 0.1) is 15.8 Å². The van der Waals surface area contributed by atoms with E-state index in [1.807, 2.05) is 22.2 Å². The van der Waals surface area contributed by atoms with E-state index < -0.39 is 0 Å². The molecule has 4 nitrogen and oxygen atoms in total. The zero-order chi connectivity index (χ0) is 14.1. The normalized spacial score (nSPS) is 11.3. The Kier molecular flexibility index (Phi) is 3.36. The molecule has 0 bridgehead atoms. The van der Waals surface area contributed by atoms with E-state index in [-0.39, 0.29) is 0 Å². The Bertz CT molecular complexity index is 757. The molecule has 0 aliphatic heterocycles. The first-order valence-corrected chi connectivity index (χ1v) is 7.41. The van der Waals surface area contributed by atoms with Gasteiger partial charge in [0.1, 0.15) is 5.69 Å². The molecule has 0 aromatic carbocycles. The summed E-state index contributed by atoms with van der Waals surface area (Å²) in [5, 5.41) is 6.55. The topological polar surface area (TPSA) is 47.8 Å². The fraction of sp³-hybridized carbons (Fsp3) is 0.267. The summed E-state index contributed by atoms with van der Waals surface area (Å²) >= 11 is 1.64. The van der Waals surface area contributed by atoms with E-state index in [0.717, 1.165) is 28.6 Å². The Balaban J connectivity index is 2.07. The minimum atomic E-state index is 0.486. The highest BCUT2D eigenvalue weighted by atomic mass is 32.1. The molecule has 0 aliphatic carbocycles. The van der Waals surface area contributed by atoms with E-state index in [1.165, 1.54) is 0 Å². The molecular weight excluding hydrogens is 270 g/mol. The van der Waals surface area contributed by atoms with Crippen LogP contribution in [-0.2, 0) is 6.54 Å². The summed E-state index contributed by atoms with van der Waals surface area (Å²) in [5.41, 5.74) is 3.20. The lowest BCUT2D eigenvalue weighted by molar-refractivity contribution is 0.112. The molecule has 0 N–H and O–H groups in total. The molecule has 102 valence electrons. The number of nitrogens with zero attached hydrogens (tertiary/aromatic N) is 3. The van der Waals surface area contributed by atoms with E-state index in [1.54, 1.807) is 23.7 Å². The molecule has 0 spiro atoms. The highest BCUT2D eigenvalue weighted by Gasteiger charge is 2.12. The van der Waals surface area contributed by atoms with Crippen molar-refractivity contribution < 1.29 is 4.79 Å². The van der Waals surface area contributed by atoms with Gasteiger partial charge >= 0.3 is 0 Å². The molecule has 0 unspecified atom stereocenters. The zero-order valence-electron chi connectivity index (χ0n) is 11.4. The lowest BCUT2D eigenvalue weighted by Gasteiger charge is -2.03. The molecule has 0 amide bonds. The third-order valence-corrected chi connectivity index (χ3v) is 3.90. The molecule has 3 rings (SSSR count). The number of rotatable bonds is 4. The molecule has 5 heteroatoms. The number of pyridine rings is 1. The number of hydrogen-bond acceptors (Lipinski definition) is 4. The number of hydrogen-bond donors (Lipinski definition) is 0. The van der Waals surface area contributed by atoms with Crippen LogP contribution in [0.1, 0.15) is 24.2 Å². The predicted octanol–water partition coefficient (Wildman–Crippen LogP) is 3.63. The molecule has 3 heterocycles. The van der Waals surface area contributed by atoms with Crippen molar-refractivity contribution in [2.24, 2.45) is 5.92 Å². The quantitative estimate of drug-likeness (QED) is 0.688. The number of aldehydes is 1. The second-order valence-corrected chi connectivity index (χ2v) is 6.14. The summed E-state index contributed by atoms with van der Waals surface area (Å²) in [7, 11) is 0. The maximum Gasteiger partial charge on any atom is 0.153 e. The summed E-state index contributed by atoms with van der Waals surface area (Å²) in [6.45, 7) is 5.05. The Hall–Kier alpha value is -2.01. The van der Waals surface area contributed by atoms with Crippen molar-refractivity contribution in [2.45, 2.75) is 20.4 Å². The van der Waals surface area contributed by atoms with Crippen molar-refractivity contribution in [2.75, 3.05) is 0 Å². The monoisotopic (exact) mass is 285 g/mol. The second kappa shape index (κ2) is 5.17. The van der Waals surface area contributed by atoms with E-state index in [2.05, 4.69) is 23.9 Å². The average Bonchev–Trinajstić information content (AvgIpc) is 3.02. The van der Waals surface area contributed by atoms with E-state index in [9.17, 15) is 4.79 Å². The first-order valence-electron chi connectivity index (χ1n) is 6.53. The molecule has 20 heavy (non-hydrogen) atoms. The van der Waals surface area contributed by atoms with Crippen molar-refractivity contribution in [3.05, 3.63) is 35.5 Å². The summed E-state index contributed by atoms with van der Waals surface area (Å²) in [4.78, 5) is 15.7. The van der Waals surface area contributed by atoms with E-state index >= 15 is 0 Å². The van der Waals surface area contributed by atoms with Gasteiger partial charge in [0.25, 0.3) is 0 Å². The fourth-order valence-electron chi connectivity index (χ4n) is 2.19. The molecule has 3 aromatic rings. The number of fused-ring (bicyclic) bond motifs is 1. The summed E-state index contributed by atoms with van der Waals surface area (Å²) < 4.78 is 2.94. The summed E-state index contributed by atoms with van der Waals surface area (Å²) in [5.74, 6) is 0.486. The van der Waals surface area contributed by atoms with Crippen LogP contribution in [0.15, 0.2) is 29.9 Å². The minimum absolute atomic E-state index is 0.486. The Morgan fingerprint density at radius 3 is 3.05 bits per heavy atom. The molecule has 0 radical (unpaired) electrons. The zero-order valence-corrected chi connectivity index (χ0v) is 12.2. The van der Waals surface area contributed by atoms with Crippen LogP contribution in [0.3, 0.4) is 0 Å². The van der Waals surface area contributed by atoms with Gasteiger partial charge in [0.15, 0.2) is 6.29 Å². The van der Waals surface area contributed by atoms with Gasteiger partial charge in [-0.15, -0.1) is 11.3 Å². The Morgan fingerprint density at radius 2 is 2.30 bits per heavy atom. The van der Waals surface area contributed by atoms with Crippen molar-refractivity contribution in [1.29, 1.82) is 0 Å². The number of thiophene rings is 1. The summed E-state index contributed by atoms with van der Waals surface area (Å²) in [6.07, 6.45) is 4.45. The van der Waals surface area contributed by atoms with Crippen molar-refractivity contribution in [1.82, 2.24) is 14.8 Å². The van der Waals surface area contributed by atoms with Crippen LogP contribution in [-0.4, -0.2) is 21.1 Å². The largest absolute Gasteiger partial charge is 0.298 e. The number of carbonyl (C=O) groups excluding carboxylic acids is 1. The number of carbonyl (C=O) groups is 1. The van der Waals surface area contributed by atoms with Gasteiger partial charge in [0.2, 0.25) is 0 Å². The van der Waals surface area contributed by atoms with Crippen molar-refractivity contribution in [3.63, 3.8) is 0 Å². The van der Waals surface area contributed by atoms with Gasteiger partial charge in [0, 0.05) is 24.5 Å². The highest BCUT2D eigenvalue weighted by Crippen LogP contribution is 2.26. The highest BCUT2D eigenvalue weighted by molar-refractivity contribution is 7.17. The van der Waals surface area contributed by atoms with Crippen molar-refractivity contribution in [3.8, 4) is 11.3 Å².